The summed E-state index contributed by atoms with van der Waals surface area (Å²) in [5.74, 6) is 0. The van der Waals surface area contributed by atoms with Crippen molar-refractivity contribution >= 4 is 156 Å². The molecule has 646 valence electrons. The van der Waals surface area contributed by atoms with E-state index in [1.165, 1.54) is 128 Å². The average molecular weight is 1770 g/mol. The van der Waals surface area contributed by atoms with Crippen molar-refractivity contribution in [3.05, 3.63) is 404 Å². The van der Waals surface area contributed by atoms with Crippen molar-refractivity contribution < 1.29 is 52.3 Å². The molecule has 4 heterocycles. The van der Waals surface area contributed by atoms with Crippen molar-refractivity contribution in [3.63, 3.8) is 0 Å². The number of nitrogens with zero attached hydrogens (tertiary/aromatic N) is 2. The number of halogens is 2. The third-order valence-corrected chi connectivity index (χ3v) is 27.6. The third-order valence-electron chi connectivity index (χ3n) is 27.1. The molecule has 0 spiro atoms. The minimum absolute atomic E-state index is 0. The van der Waals surface area contributed by atoms with Crippen molar-refractivity contribution in [3.8, 4) is 55.6 Å². The molecule has 132 heavy (non-hydrogen) atoms. The molecule has 0 atom stereocenters. The summed E-state index contributed by atoms with van der Waals surface area (Å²) in [5, 5.41) is 23.8. The van der Waals surface area contributed by atoms with Crippen LogP contribution in [-0.4, -0.2) is 5.60 Å². The number of benzene rings is 17. The van der Waals surface area contributed by atoms with Crippen LogP contribution in [0.2, 0.25) is 10.0 Å². The van der Waals surface area contributed by atoms with Crippen LogP contribution >= 0.6 is 23.2 Å². The number of hydrogen-bond acceptors (Lipinski definition) is 8. The van der Waals surface area contributed by atoms with Crippen molar-refractivity contribution in [2.75, 3.05) is 15.1 Å². The van der Waals surface area contributed by atoms with E-state index >= 15 is 0 Å². The van der Waals surface area contributed by atoms with Crippen molar-refractivity contribution in [2.24, 2.45) is 0 Å². The Hall–Kier alpha value is -13.1. The minimum Gasteiger partial charge on any atom is -0.850 e. The van der Waals surface area contributed by atoms with Crippen LogP contribution in [0.4, 0.5) is 45.5 Å². The Balaban J connectivity index is 0.000000154. The molecule has 0 saturated carbocycles. The summed E-state index contributed by atoms with van der Waals surface area (Å²) in [6, 6.07) is 115. The fourth-order valence-corrected chi connectivity index (χ4v) is 19.8. The molecule has 0 amide bonds. The summed E-state index contributed by atoms with van der Waals surface area (Å²) in [6.07, 6.45) is 0. The van der Waals surface area contributed by atoms with Crippen molar-refractivity contribution in [1.29, 1.82) is 0 Å². The molecule has 1 N–H and O–H groups in total. The SMILES string of the molecule is CC(C)(C)[O-].CC1(C)c2cc3c(cc2-c2cc4oc5cc(Cl)ccc5c4cc21)oc1cc(Cl)ccc13.Cc1cc(N(c2ccc(-c3ccccc3)cc2)c2ccc3c(c2)oc2cc4c(cc23)C(C)(C)c2cc3c(cc2-4)oc2cc(N(c4ccc(-c5ccccc5)cc4)c4cc(C)c(C)c(C)c4)ccc23)cc(C)c1C.Cc1cc(Nc2ccc(-c3ccccc3)cc2)cc(C)c1C.[Na+]. The van der Waals surface area contributed by atoms with Crippen molar-refractivity contribution in [2.45, 2.75) is 127 Å². The zero-order valence-electron chi connectivity index (χ0n) is 77.8. The predicted octanol–water partition coefficient (Wildman–Crippen LogP) is 32.2. The Kier molecular flexibility index (Phi) is 23.1. The number of aryl methyl sites for hydroxylation is 6. The Labute approximate surface area is 804 Å². The fourth-order valence-electron chi connectivity index (χ4n) is 19.4. The Morgan fingerprint density at radius 3 is 0.795 bits per heavy atom. The van der Waals surface area contributed by atoms with Gasteiger partial charge in [-0.1, -0.05) is 199 Å². The monoisotopic (exact) mass is 1770 g/mol. The number of furan rings is 4. The van der Waals surface area contributed by atoms with Crippen LogP contribution in [0.3, 0.4) is 0 Å². The van der Waals surface area contributed by atoms with Crippen LogP contribution in [0, 0.1) is 62.3 Å². The molecular formula is C121H102Cl2N3NaO5. The maximum absolute atomic E-state index is 10.1. The van der Waals surface area contributed by atoms with Gasteiger partial charge in [0.1, 0.15) is 44.7 Å². The Bertz CT molecular complexity index is 7620. The first-order chi connectivity index (χ1) is 62.9. The van der Waals surface area contributed by atoms with Gasteiger partial charge in [0.05, 0.1) is 0 Å². The van der Waals surface area contributed by atoms with Gasteiger partial charge in [0.15, 0.2) is 0 Å². The van der Waals surface area contributed by atoms with Gasteiger partial charge in [-0.3, -0.25) is 0 Å². The van der Waals surface area contributed by atoms with Gasteiger partial charge >= 0.3 is 29.6 Å². The molecule has 0 saturated heterocycles. The van der Waals surface area contributed by atoms with Gasteiger partial charge in [0.2, 0.25) is 0 Å². The van der Waals surface area contributed by atoms with Gasteiger partial charge < -0.3 is 37.9 Å². The van der Waals surface area contributed by atoms with E-state index in [1.807, 2.05) is 42.5 Å². The van der Waals surface area contributed by atoms with Gasteiger partial charge in [-0.15, -0.1) is 5.60 Å². The summed E-state index contributed by atoms with van der Waals surface area (Å²) >= 11 is 12.4. The maximum atomic E-state index is 10.1. The Morgan fingerprint density at radius 1 is 0.258 bits per heavy atom. The zero-order chi connectivity index (χ0) is 91.0. The predicted molar refractivity (Wildman–Crippen MR) is 551 cm³/mol. The van der Waals surface area contributed by atoms with Crippen LogP contribution < -0.4 is 49.8 Å². The number of hydrogen-bond donors (Lipinski definition) is 1. The van der Waals surface area contributed by atoms with Crippen LogP contribution in [0.25, 0.3) is 143 Å². The third kappa shape index (κ3) is 16.5. The molecule has 4 aromatic heterocycles. The van der Waals surface area contributed by atoms with E-state index in [0.717, 1.165) is 133 Å². The second-order valence-corrected chi connectivity index (χ2v) is 38.6. The van der Waals surface area contributed by atoms with Crippen LogP contribution in [0.15, 0.2) is 339 Å². The van der Waals surface area contributed by atoms with Gasteiger partial charge in [-0.05, 0) is 360 Å². The van der Waals surface area contributed by atoms with Crippen LogP contribution in [-0.2, 0) is 10.8 Å². The van der Waals surface area contributed by atoms with Gasteiger partial charge in [-0.25, -0.2) is 0 Å². The Morgan fingerprint density at radius 2 is 0.500 bits per heavy atom. The standard InChI is InChI=1S/C69H56N2O2.C27H16Cl2O2.C21H21N.C4H9O.Na/c1-41-31-55(32-42(2)45(41)5)70(51-23-19-49(20-24-51)47-15-11-9-12-16-47)53-27-29-57-61-37-63-59(39-67(61)72-65(57)35-53)60-40-68-62(38-64(60)69(63,7)8)58-30-28-54(36-66(58)73-68)71(56-33-43(3)46(6)44(4)34-56)52-25-21-50(22-26-52)48-17-13-10-14-18-48;1-27(2)21-9-19-15-5-3-13(28)7-23(15)30-25(19)11-17(21)18-12-26-20(10-22(18)27)16-6-4-14(29)8-24(16)31-26;1-15-13-21(14-16(2)17(15)3)22-20-11-9-19(10-12-20)18-7-5-4-6-8-18;1-4(2,3)5;/h9-40H,1-8H3;3-12H,1-2H3;4-14,22H,1-3H3;1-3H3;/q;;;-1;+1. The maximum Gasteiger partial charge on any atom is 1.00 e. The molecule has 2 aliphatic carbocycles. The molecular weight excluding hydrogens is 1670 g/mol. The average Bonchev–Trinajstić information content (AvgIpc) is 1.55. The molecule has 8 nitrogen and oxygen atoms in total. The molecule has 21 aromatic rings. The smallest absolute Gasteiger partial charge is 0.850 e. The molecule has 17 aromatic carbocycles. The van der Waals surface area contributed by atoms with Gasteiger partial charge in [0.25, 0.3) is 0 Å². The van der Waals surface area contributed by atoms with E-state index in [1.54, 1.807) is 20.8 Å². The molecule has 0 aliphatic heterocycles. The number of nitrogens with one attached hydrogen (secondary N) is 1. The second-order valence-electron chi connectivity index (χ2n) is 37.7. The number of anilines is 8. The van der Waals surface area contributed by atoms with E-state index in [2.05, 4.69) is 384 Å². The van der Waals surface area contributed by atoms with Gasteiger partial charge in [0, 0.05) is 134 Å². The summed E-state index contributed by atoms with van der Waals surface area (Å²) in [4.78, 5) is 4.71. The summed E-state index contributed by atoms with van der Waals surface area (Å²) in [7, 11) is 0. The first-order valence-corrected chi connectivity index (χ1v) is 45.8. The molecule has 0 unspecified atom stereocenters. The largest absolute Gasteiger partial charge is 1.00 e. The molecule has 0 radical (unpaired) electrons. The van der Waals surface area contributed by atoms with E-state index in [0.29, 0.717) is 10.0 Å². The number of rotatable bonds is 11. The molecule has 0 fully saturated rings. The fraction of sp³-hybridized carbons (Fsp3) is 0.157. The summed E-state index contributed by atoms with van der Waals surface area (Å²) in [6.45, 7) is 33.9. The quantitative estimate of drug-likeness (QED) is 0.128. The van der Waals surface area contributed by atoms with E-state index < -0.39 is 5.60 Å². The number of fused-ring (bicyclic) bond motifs is 18. The first-order valence-electron chi connectivity index (χ1n) is 45.0. The van der Waals surface area contributed by atoms with E-state index in [9.17, 15) is 5.11 Å². The van der Waals surface area contributed by atoms with E-state index in [-0.39, 0.29) is 40.4 Å². The molecule has 0 bridgehead atoms. The summed E-state index contributed by atoms with van der Waals surface area (Å²) in [5.41, 5.74) is 43.4. The van der Waals surface area contributed by atoms with E-state index in [4.69, 9.17) is 40.9 Å². The van der Waals surface area contributed by atoms with Gasteiger partial charge in [-0.2, -0.15) is 0 Å². The molecule has 11 heteroatoms. The van der Waals surface area contributed by atoms with Crippen LogP contribution in [0.1, 0.15) is 121 Å². The summed E-state index contributed by atoms with van der Waals surface area (Å²) < 4.78 is 26.1. The topological polar surface area (TPSA) is 94.1 Å². The minimum atomic E-state index is -0.750. The first kappa shape index (κ1) is 88.2. The molecule has 2 aliphatic rings. The van der Waals surface area contributed by atoms with Crippen LogP contribution in [0.5, 0.6) is 0 Å². The molecule has 23 rings (SSSR count). The second kappa shape index (κ2) is 34.6. The zero-order valence-corrected chi connectivity index (χ0v) is 81.3. The normalized spacial score (nSPS) is 12.7. The van der Waals surface area contributed by atoms with Crippen molar-refractivity contribution in [1.82, 2.24) is 0 Å².